The van der Waals surface area contributed by atoms with Gasteiger partial charge in [0.2, 0.25) is 0 Å². The normalized spacial score (nSPS) is 11.1. The average Bonchev–Trinajstić information content (AvgIpc) is 2.52. The summed E-state index contributed by atoms with van der Waals surface area (Å²) in [5, 5.41) is 2.48. The third-order valence-corrected chi connectivity index (χ3v) is 3.09. The van der Waals surface area contributed by atoms with Crippen LogP contribution in [0.5, 0.6) is 0 Å². The number of aromatic nitrogens is 1. The van der Waals surface area contributed by atoms with Gasteiger partial charge >= 0.3 is 5.97 Å². The number of benzene rings is 1. The van der Waals surface area contributed by atoms with Gasteiger partial charge in [-0.05, 0) is 39.0 Å². The lowest BCUT2D eigenvalue weighted by atomic mass is 10.2. The maximum absolute atomic E-state index is 13.5. The van der Waals surface area contributed by atoms with E-state index in [4.69, 9.17) is 4.74 Å². The Morgan fingerprint density at radius 1 is 1.16 bits per heavy atom. The average molecular weight is 348 g/mol. The molecule has 0 saturated heterocycles. The van der Waals surface area contributed by atoms with Crippen molar-refractivity contribution in [3.05, 3.63) is 65.0 Å². The van der Waals surface area contributed by atoms with Crippen molar-refractivity contribution >= 4 is 11.9 Å². The standard InChI is InChI=1S/C18H18F2N2O3/c1-18(2,3)25-17(24)12-5-7-15(21-10-12)16(23)22-9-11-4-6-13(19)8-14(11)20/h4-8,10H,9H2,1-3H3,(H,22,23). The number of halogens is 2. The van der Waals surface area contributed by atoms with Crippen LogP contribution in [0.15, 0.2) is 36.5 Å². The van der Waals surface area contributed by atoms with Gasteiger partial charge in [0.15, 0.2) is 0 Å². The second kappa shape index (κ2) is 7.38. The summed E-state index contributed by atoms with van der Waals surface area (Å²) in [5.41, 5.74) is -0.196. The lowest BCUT2D eigenvalue weighted by Gasteiger charge is -2.19. The maximum atomic E-state index is 13.5. The fourth-order valence-corrected chi connectivity index (χ4v) is 1.92. The third kappa shape index (κ3) is 5.34. The van der Waals surface area contributed by atoms with Crippen molar-refractivity contribution in [2.24, 2.45) is 0 Å². The fourth-order valence-electron chi connectivity index (χ4n) is 1.92. The van der Waals surface area contributed by atoms with Crippen LogP contribution in [-0.2, 0) is 11.3 Å². The highest BCUT2D eigenvalue weighted by atomic mass is 19.1. The van der Waals surface area contributed by atoms with E-state index in [0.717, 1.165) is 12.1 Å². The van der Waals surface area contributed by atoms with E-state index in [-0.39, 0.29) is 23.4 Å². The minimum Gasteiger partial charge on any atom is -0.456 e. The lowest BCUT2D eigenvalue weighted by Crippen LogP contribution is -2.25. The number of rotatable bonds is 4. The Bertz CT molecular complexity index is 784. The topological polar surface area (TPSA) is 68.3 Å². The molecule has 0 saturated carbocycles. The molecular formula is C18H18F2N2O3. The molecule has 0 aliphatic heterocycles. The van der Waals surface area contributed by atoms with E-state index in [2.05, 4.69) is 10.3 Å². The second-order valence-electron chi connectivity index (χ2n) is 6.35. The summed E-state index contributed by atoms with van der Waals surface area (Å²) in [6, 6.07) is 5.90. The fraction of sp³-hybridized carbons (Fsp3) is 0.278. The number of hydrogen-bond acceptors (Lipinski definition) is 4. The van der Waals surface area contributed by atoms with Crippen LogP contribution < -0.4 is 5.32 Å². The molecule has 1 N–H and O–H groups in total. The van der Waals surface area contributed by atoms with Gasteiger partial charge in [0.05, 0.1) is 5.56 Å². The van der Waals surface area contributed by atoms with Gasteiger partial charge in [-0.3, -0.25) is 9.78 Å². The van der Waals surface area contributed by atoms with Crippen molar-refractivity contribution in [2.45, 2.75) is 32.9 Å². The summed E-state index contributed by atoms with van der Waals surface area (Å²) in [5.74, 6) is -2.51. The van der Waals surface area contributed by atoms with Crippen molar-refractivity contribution in [1.82, 2.24) is 10.3 Å². The number of carbonyl (C=O) groups is 2. The van der Waals surface area contributed by atoms with Crippen LogP contribution in [0.2, 0.25) is 0 Å². The Morgan fingerprint density at radius 3 is 2.44 bits per heavy atom. The van der Waals surface area contributed by atoms with Gasteiger partial charge in [0.1, 0.15) is 22.9 Å². The van der Waals surface area contributed by atoms with E-state index < -0.39 is 29.1 Å². The van der Waals surface area contributed by atoms with E-state index in [0.29, 0.717) is 0 Å². The number of nitrogens with zero attached hydrogens (tertiary/aromatic N) is 1. The Hall–Kier alpha value is -2.83. The highest BCUT2D eigenvalue weighted by molar-refractivity contribution is 5.94. The van der Waals surface area contributed by atoms with Crippen LogP contribution in [0.1, 0.15) is 47.2 Å². The van der Waals surface area contributed by atoms with Crippen LogP contribution in [0.4, 0.5) is 8.78 Å². The predicted octanol–water partition coefficient (Wildman–Crippen LogP) is 3.25. The van der Waals surface area contributed by atoms with Gasteiger partial charge in [0.25, 0.3) is 5.91 Å². The maximum Gasteiger partial charge on any atom is 0.340 e. The molecule has 2 aromatic rings. The summed E-state index contributed by atoms with van der Waals surface area (Å²) in [7, 11) is 0. The van der Waals surface area contributed by atoms with Crippen molar-refractivity contribution in [3.63, 3.8) is 0 Å². The van der Waals surface area contributed by atoms with Gasteiger partial charge in [-0.25, -0.2) is 13.6 Å². The molecule has 1 aromatic carbocycles. The van der Waals surface area contributed by atoms with Crippen LogP contribution in [0.3, 0.4) is 0 Å². The Morgan fingerprint density at radius 2 is 1.88 bits per heavy atom. The molecule has 0 radical (unpaired) electrons. The second-order valence-corrected chi connectivity index (χ2v) is 6.35. The van der Waals surface area contributed by atoms with E-state index in [1.165, 1.54) is 24.4 Å². The Labute approximate surface area is 144 Å². The molecule has 1 amide bonds. The SMILES string of the molecule is CC(C)(C)OC(=O)c1ccc(C(=O)NCc2ccc(F)cc2F)nc1. The van der Waals surface area contributed by atoms with Crippen molar-refractivity contribution in [3.8, 4) is 0 Å². The largest absolute Gasteiger partial charge is 0.456 e. The molecule has 0 fully saturated rings. The quantitative estimate of drug-likeness (QED) is 0.861. The predicted molar refractivity (Wildman–Crippen MR) is 86.9 cm³/mol. The molecule has 0 spiro atoms. The molecule has 0 aliphatic rings. The number of esters is 1. The molecule has 5 nitrogen and oxygen atoms in total. The number of carbonyl (C=O) groups excluding carboxylic acids is 2. The first-order valence-corrected chi connectivity index (χ1v) is 7.57. The zero-order valence-corrected chi connectivity index (χ0v) is 14.1. The van der Waals surface area contributed by atoms with Crippen molar-refractivity contribution in [1.29, 1.82) is 0 Å². The number of amides is 1. The third-order valence-electron chi connectivity index (χ3n) is 3.09. The van der Waals surface area contributed by atoms with Crippen LogP contribution in [0.25, 0.3) is 0 Å². The summed E-state index contributed by atoms with van der Waals surface area (Å²) in [4.78, 5) is 27.8. The monoisotopic (exact) mass is 348 g/mol. The zero-order valence-electron chi connectivity index (χ0n) is 14.1. The molecule has 25 heavy (non-hydrogen) atoms. The first-order valence-electron chi connectivity index (χ1n) is 7.57. The van der Waals surface area contributed by atoms with Crippen molar-refractivity contribution < 1.29 is 23.1 Å². The van der Waals surface area contributed by atoms with Crippen molar-refractivity contribution in [2.75, 3.05) is 0 Å². The van der Waals surface area contributed by atoms with E-state index in [1.54, 1.807) is 20.8 Å². The molecule has 0 bridgehead atoms. The molecule has 1 heterocycles. The Kier molecular flexibility index (Phi) is 5.46. The molecule has 132 valence electrons. The van der Waals surface area contributed by atoms with E-state index in [1.807, 2.05) is 0 Å². The van der Waals surface area contributed by atoms with Crippen LogP contribution in [0, 0.1) is 11.6 Å². The molecule has 2 rings (SSSR count). The number of nitrogens with one attached hydrogen (secondary N) is 1. The molecule has 0 unspecified atom stereocenters. The van der Waals surface area contributed by atoms with E-state index >= 15 is 0 Å². The highest BCUT2D eigenvalue weighted by Gasteiger charge is 2.18. The minimum atomic E-state index is -0.742. The van der Waals surface area contributed by atoms with Gasteiger partial charge in [-0.2, -0.15) is 0 Å². The lowest BCUT2D eigenvalue weighted by molar-refractivity contribution is 0.00688. The first kappa shape index (κ1) is 18.5. The summed E-state index contributed by atoms with van der Waals surface area (Å²) < 4.78 is 31.6. The van der Waals surface area contributed by atoms with Gasteiger partial charge in [-0.1, -0.05) is 6.07 Å². The molecule has 0 atom stereocenters. The molecule has 7 heteroatoms. The summed E-state index contributed by atoms with van der Waals surface area (Å²) in [6.07, 6.45) is 1.24. The number of hydrogen-bond donors (Lipinski definition) is 1. The van der Waals surface area contributed by atoms with Crippen LogP contribution in [-0.4, -0.2) is 22.5 Å². The van der Waals surface area contributed by atoms with E-state index in [9.17, 15) is 18.4 Å². The van der Waals surface area contributed by atoms with Gasteiger partial charge < -0.3 is 10.1 Å². The number of ether oxygens (including phenoxy) is 1. The first-order chi connectivity index (χ1) is 11.7. The summed E-state index contributed by atoms with van der Waals surface area (Å²) in [6.45, 7) is 5.12. The Balaban J connectivity index is 1.99. The zero-order chi connectivity index (χ0) is 18.6. The smallest absolute Gasteiger partial charge is 0.340 e. The molecule has 0 aliphatic carbocycles. The minimum absolute atomic E-state index is 0.0647. The number of pyridine rings is 1. The van der Waals surface area contributed by atoms with Gasteiger partial charge in [-0.15, -0.1) is 0 Å². The highest BCUT2D eigenvalue weighted by Crippen LogP contribution is 2.12. The van der Waals surface area contributed by atoms with Gasteiger partial charge in [0, 0.05) is 24.4 Å². The molecular weight excluding hydrogens is 330 g/mol. The van der Waals surface area contributed by atoms with Crippen LogP contribution >= 0.6 is 0 Å². The summed E-state index contributed by atoms with van der Waals surface area (Å²) >= 11 is 0. The molecule has 1 aromatic heterocycles.